The minimum Gasteiger partial charge on any atom is -0.367 e. The summed E-state index contributed by atoms with van der Waals surface area (Å²) in [6.07, 6.45) is 0. The predicted octanol–water partition coefficient (Wildman–Crippen LogP) is 1.77. The van der Waals surface area contributed by atoms with E-state index in [1.165, 1.54) is 20.2 Å². The Kier molecular flexibility index (Phi) is 6.69. The van der Waals surface area contributed by atoms with Crippen molar-refractivity contribution < 1.29 is 17.9 Å². The normalized spacial score (nSPS) is 11.5. The molecule has 0 spiro atoms. The SMILES string of the molecule is CN(C)S(=O)(=O)c1ccccc1CNC(=O)COCc1ccccc1. The molecule has 2 rings (SSSR count). The van der Waals surface area contributed by atoms with Gasteiger partial charge in [-0.05, 0) is 17.2 Å². The summed E-state index contributed by atoms with van der Waals surface area (Å²) in [4.78, 5) is 12.1. The molecule has 0 aliphatic carbocycles. The zero-order chi connectivity index (χ0) is 18.3. The third-order valence-electron chi connectivity index (χ3n) is 3.55. The Hall–Kier alpha value is -2.22. The van der Waals surface area contributed by atoms with Crippen molar-refractivity contribution in [2.75, 3.05) is 20.7 Å². The molecule has 2 aromatic carbocycles. The fourth-order valence-electron chi connectivity index (χ4n) is 2.18. The van der Waals surface area contributed by atoms with Gasteiger partial charge in [0.1, 0.15) is 6.61 Å². The number of nitrogens with zero attached hydrogens (tertiary/aromatic N) is 1. The molecule has 1 N–H and O–H groups in total. The molecule has 0 atom stereocenters. The minimum absolute atomic E-state index is 0.0858. The second-order valence-corrected chi connectivity index (χ2v) is 7.77. The molecule has 0 aliphatic heterocycles. The van der Waals surface area contributed by atoms with Crippen LogP contribution in [-0.2, 0) is 32.7 Å². The van der Waals surface area contributed by atoms with E-state index in [9.17, 15) is 13.2 Å². The smallest absolute Gasteiger partial charge is 0.246 e. The lowest BCUT2D eigenvalue weighted by molar-refractivity contribution is -0.126. The van der Waals surface area contributed by atoms with Gasteiger partial charge in [-0.15, -0.1) is 0 Å². The topological polar surface area (TPSA) is 75.7 Å². The summed E-state index contributed by atoms with van der Waals surface area (Å²) >= 11 is 0. The highest BCUT2D eigenvalue weighted by molar-refractivity contribution is 7.89. The van der Waals surface area contributed by atoms with Crippen LogP contribution < -0.4 is 5.32 Å². The van der Waals surface area contributed by atoms with Crippen LogP contribution in [0.4, 0.5) is 0 Å². The van der Waals surface area contributed by atoms with E-state index in [1.54, 1.807) is 18.2 Å². The number of hydrogen-bond donors (Lipinski definition) is 1. The van der Waals surface area contributed by atoms with E-state index in [4.69, 9.17) is 4.74 Å². The molecule has 7 heteroatoms. The van der Waals surface area contributed by atoms with E-state index < -0.39 is 10.0 Å². The molecule has 0 radical (unpaired) electrons. The van der Waals surface area contributed by atoms with Gasteiger partial charge in [0.15, 0.2) is 0 Å². The number of hydrogen-bond acceptors (Lipinski definition) is 4. The van der Waals surface area contributed by atoms with E-state index in [1.807, 2.05) is 30.3 Å². The molecule has 2 aromatic rings. The van der Waals surface area contributed by atoms with Crippen molar-refractivity contribution in [1.29, 1.82) is 0 Å². The fraction of sp³-hybridized carbons (Fsp3) is 0.278. The largest absolute Gasteiger partial charge is 0.367 e. The van der Waals surface area contributed by atoms with Crippen LogP contribution in [0.15, 0.2) is 59.5 Å². The summed E-state index contributed by atoms with van der Waals surface area (Å²) in [6, 6.07) is 16.2. The van der Waals surface area contributed by atoms with Gasteiger partial charge in [0.2, 0.25) is 15.9 Å². The molecular weight excluding hydrogens is 340 g/mol. The monoisotopic (exact) mass is 362 g/mol. The first kappa shape index (κ1) is 19.1. The Labute approximate surface area is 148 Å². The Bertz CT molecular complexity index is 805. The third-order valence-corrected chi connectivity index (χ3v) is 5.47. The van der Waals surface area contributed by atoms with E-state index in [-0.39, 0.29) is 24.0 Å². The predicted molar refractivity (Wildman–Crippen MR) is 95.3 cm³/mol. The molecule has 134 valence electrons. The van der Waals surface area contributed by atoms with Gasteiger partial charge in [-0.1, -0.05) is 48.5 Å². The summed E-state index contributed by atoms with van der Waals surface area (Å²) in [7, 11) is -0.609. The van der Waals surface area contributed by atoms with Gasteiger partial charge >= 0.3 is 0 Å². The summed E-state index contributed by atoms with van der Waals surface area (Å²) in [5.74, 6) is -0.298. The molecule has 25 heavy (non-hydrogen) atoms. The summed E-state index contributed by atoms with van der Waals surface area (Å²) in [5.41, 5.74) is 1.52. The van der Waals surface area contributed by atoms with Gasteiger partial charge in [-0.2, -0.15) is 0 Å². The Morgan fingerprint density at radius 1 is 1.04 bits per heavy atom. The Morgan fingerprint density at radius 3 is 2.36 bits per heavy atom. The van der Waals surface area contributed by atoms with E-state index >= 15 is 0 Å². The zero-order valence-corrected chi connectivity index (χ0v) is 15.1. The number of amides is 1. The average molecular weight is 362 g/mol. The quantitative estimate of drug-likeness (QED) is 0.777. The standard InChI is InChI=1S/C18H22N2O4S/c1-20(2)25(22,23)17-11-7-6-10-16(17)12-19-18(21)14-24-13-15-8-4-3-5-9-15/h3-11H,12-14H2,1-2H3,(H,19,21). The number of ether oxygens (including phenoxy) is 1. The number of rotatable bonds is 8. The fourth-order valence-corrected chi connectivity index (χ4v) is 3.29. The van der Waals surface area contributed by atoms with E-state index in [0.29, 0.717) is 12.2 Å². The first-order valence-electron chi connectivity index (χ1n) is 7.80. The van der Waals surface area contributed by atoms with Gasteiger partial charge in [-0.3, -0.25) is 4.79 Å². The van der Waals surface area contributed by atoms with Gasteiger partial charge < -0.3 is 10.1 Å². The van der Waals surface area contributed by atoms with Crippen LogP contribution in [0.1, 0.15) is 11.1 Å². The lowest BCUT2D eigenvalue weighted by atomic mass is 10.2. The number of benzene rings is 2. The van der Waals surface area contributed by atoms with Crippen LogP contribution in [0.5, 0.6) is 0 Å². The zero-order valence-electron chi connectivity index (χ0n) is 14.3. The second-order valence-electron chi connectivity index (χ2n) is 5.65. The van der Waals surface area contributed by atoms with Gasteiger partial charge in [0, 0.05) is 20.6 Å². The summed E-state index contributed by atoms with van der Waals surface area (Å²) < 4.78 is 31.1. The molecule has 0 aliphatic rings. The lowest BCUT2D eigenvalue weighted by Crippen LogP contribution is -2.29. The Balaban J connectivity index is 1.90. The maximum absolute atomic E-state index is 12.3. The first-order valence-corrected chi connectivity index (χ1v) is 9.24. The van der Waals surface area contributed by atoms with Gasteiger partial charge in [-0.25, -0.2) is 12.7 Å². The van der Waals surface area contributed by atoms with Crippen molar-refractivity contribution in [3.8, 4) is 0 Å². The van der Waals surface area contributed by atoms with Crippen molar-refractivity contribution in [2.45, 2.75) is 18.0 Å². The molecule has 0 fully saturated rings. The number of carbonyl (C=O) groups is 1. The number of carbonyl (C=O) groups excluding carboxylic acids is 1. The third kappa shape index (κ3) is 5.38. The molecular formula is C18H22N2O4S. The summed E-state index contributed by atoms with van der Waals surface area (Å²) in [5, 5.41) is 2.69. The highest BCUT2D eigenvalue weighted by atomic mass is 32.2. The van der Waals surface area contributed by atoms with Crippen LogP contribution in [0.25, 0.3) is 0 Å². The first-order chi connectivity index (χ1) is 11.9. The minimum atomic E-state index is -3.56. The van der Waals surface area contributed by atoms with E-state index in [0.717, 1.165) is 9.87 Å². The maximum Gasteiger partial charge on any atom is 0.246 e. The molecule has 0 saturated carbocycles. The lowest BCUT2D eigenvalue weighted by Gasteiger charge is -2.15. The van der Waals surface area contributed by atoms with Crippen molar-refractivity contribution in [3.05, 3.63) is 65.7 Å². The molecule has 0 heterocycles. The highest BCUT2D eigenvalue weighted by Gasteiger charge is 2.20. The van der Waals surface area contributed by atoms with Crippen molar-refractivity contribution in [3.63, 3.8) is 0 Å². The Morgan fingerprint density at radius 2 is 1.68 bits per heavy atom. The van der Waals surface area contributed by atoms with Gasteiger partial charge in [0.25, 0.3) is 0 Å². The molecule has 0 unspecified atom stereocenters. The van der Waals surface area contributed by atoms with Crippen LogP contribution in [0.2, 0.25) is 0 Å². The average Bonchev–Trinajstić information content (AvgIpc) is 2.61. The van der Waals surface area contributed by atoms with Crippen LogP contribution >= 0.6 is 0 Å². The van der Waals surface area contributed by atoms with Crippen LogP contribution in [-0.4, -0.2) is 39.3 Å². The molecule has 0 bridgehead atoms. The van der Waals surface area contributed by atoms with Crippen LogP contribution in [0, 0.1) is 0 Å². The van der Waals surface area contributed by atoms with Crippen LogP contribution in [0.3, 0.4) is 0 Å². The van der Waals surface area contributed by atoms with Crippen molar-refractivity contribution in [1.82, 2.24) is 9.62 Å². The molecule has 0 saturated heterocycles. The van der Waals surface area contributed by atoms with Crippen molar-refractivity contribution in [2.24, 2.45) is 0 Å². The molecule has 0 aromatic heterocycles. The second kappa shape index (κ2) is 8.75. The maximum atomic E-state index is 12.3. The number of nitrogens with one attached hydrogen (secondary N) is 1. The molecule has 1 amide bonds. The van der Waals surface area contributed by atoms with E-state index in [2.05, 4.69) is 5.32 Å². The van der Waals surface area contributed by atoms with Crippen molar-refractivity contribution >= 4 is 15.9 Å². The van der Waals surface area contributed by atoms with Gasteiger partial charge in [0.05, 0.1) is 11.5 Å². The molecule has 6 nitrogen and oxygen atoms in total. The summed E-state index contributed by atoms with van der Waals surface area (Å²) in [6.45, 7) is 0.383. The highest BCUT2D eigenvalue weighted by Crippen LogP contribution is 2.18. The number of sulfonamides is 1.